The summed E-state index contributed by atoms with van der Waals surface area (Å²) in [6.45, 7) is 3.87. The van der Waals surface area contributed by atoms with E-state index in [2.05, 4.69) is 9.88 Å². The number of hydrogen-bond acceptors (Lipinski definition) is 5. The molecule has 0 atom stereocenters. The third kappa shape index (κ3) is 3.67. The van der Waals surface area contributed by atoms with Crippen LogP contribution in [0.15, 0.2) is 23.2 Å². The van der Waals surface area contributed by atoms with E-state index in [0.717, 1.165) is 6.54 Å². The molecular formula is C12H18ClN3O3S. The molecule has 6 nitrogen and oxygen atoms in total. The zero-order valence-corrected chi connectivity index (χ0v) is 12.9. The highest BCUT2D eigenvalue weighted by molar-refractivity contribution is 7.89. The molecule has 1 aliphatic heterocycles. The lowest BCUT2D eigenvalue weighted by Gasteiger charge is -2.33. The SMILES string of the molecule is COCCN1CCN(S(=O)(=O)c2ccc(Cl)nc2)CC1. The van der Waals surface area contributed by atoms with Gasteiger partial charge in [0.2, 0.25) is 10.0 Å². The van der Waals surface area contributed by atoms with Gasteiger partial charge in [-0.2, -0.15) is 4.31 Å². The highest BCUT2D eigenvalue weighted by Gasteiger charge is 2.28. The molecule has 0 amide bonds. The lowest BCUT2D eigenvalue weighted by atomic mass is 10.4. The van der Waals surface area contributed by atoms with Crippen molar-refractivity contribution in [1.29, 1.82) is 0 Å². The van der Waals surface area contributed by atoms with Crippen molar-refractivity contribution >= 4 is 21.6 Å². The molecule has 20 heavy (non-hydrogen) atoms. The topological polar surface area (TPSA) is 62.7 Å². The molecule has 0 saturated carbocycles. The number of piperazine rings is 1. The number of hydrogen-bond donors (Lipinski definition) is 0. The van der Waals surface area contributed by atoms with Gasteiger partial charge in [0.1, 0.15) is 10.0 Å². The monoisotopic (exact) mass is 319 g/mol. The number of sulfonamides is 1. The van der Waals surface area contributed by atoms with Crippen LogP contribution in [0.5, 0.6) is 0 Å². The van der Waals surface area contributed by atoms with E-state index in [-0.39, 0.29) is 10.0 Å². The molecule has 0 spiro atoms. The van der Waals surface area contributed by atoms with Gasteiger partial charge in [-0.1, -0.05) is 11.6 Å². The number of ether oxygens (including phenoxy) is 1. The fourth-order valence-corrected chi connectivity index (χ4v) is 3.56. The Labute approximate surface area is 124 Å². The van der Waals surface area contributed by atoms with E-state index in [1.165, 1.54) is 22.6 Å². The van der Waals surface area contributed by atoms with E-state index in [1.54, 1.807) is 7.11 Å². The predicted octanol–water partition coefficient (Wildman–Crippen LogP) is 0.688. The summed E-state index contributed by atoms with van der Waals surface area (Å²) in [5.41, 5.74) is 0. The Hall–Kier alpha value is -0.730. The van der Waals surface area contributed by atoms with Gasteiger partial charge >= 0.3 is 0 Å². The molecule has 112 valence electrons. The van der Waals surface area contributed by atoms with Gasteiger partial charge in [0.25, 0.3) is 0 Å². The number of methoxy groups -OCH3 is 1. The second kappa shape index (κ2) is 6.82. The van der Waals surface area contributed by atoms with Crippen LogP contribution in [0.1, 0.15) is 0 Å². The van der Waals surface area contributed by atoms with Crippen molar-refractivity contribution in [3.8, 4) is 0 Å². The van der Waals surface area contributed by atoms with Crippen molar-refractivity contribution in [1.82, 2.24) is 14.2 Å². The lowest BCUT2D eigenvalue weighted by molar-refractivity contribution is 0.123. The third-order valence-electron chi connectivity index (χ3n) is 3.28. The molecule has 0 N–H and O–H groups in total. The number of rotatable bonds is 5. The summed E-state index contributed by atoms with van der Waals surface area (Å²) in [5.74, 6) is 0. The fourth-order valence-electron chi connectivity index (χ4n) is 2.08. The van der Waals surface area contributed by atoms with Crippen LogP contribution in [-0.4, -0.2) is 69.0 Å². The van der Waals surface area contributed by atoms with Crippen LogP contribution < -0.4 is 0 Å². The lowest BCUT2D eigenvalue weighted by Crippen LogP contribution is -2.49. The summed E-state index contributed by atoms with van der Waals surface area (Å²) < 4.78 is 31.3. The molecule has 0 unspecified atom stereocenters. The van der Waals surface area contributed by atoms with Crippen molar-refractivity contribution < 1.29 is 13.2 Å². The van der Waals surface area contributed by atoms with E-state index in [0.29, 0.717) is 32.8 Å². The van der Waals surface area contributed by atoms with Gasteiger partial charge in [-0.3, -0.25) is 4.90 Å². The van der Waals surface area contributed by atoms with Gasteiger partial charge < -0.3 is 4.74 Å². The molecule has 8 heteroatoms. The summed E-state index contributed by atoms with van der Waals surface area (Å²) in [5, 5.41) is 0.285. The van der Waals surface area contributed by atoms with Crippen molar-refractivity contribution in [2.75, 3.05) is 46.4 Å². The van der Waals surface area contributed by atoms with Gasteiger partial charge in [-0.15, -0.1) is 0 Å². The van der Waals surface area contributed by atoms with Gasteiger partial charge in [-0.05, 0) is 12.1 Å². The molecule has 1 aromatic rings. The molecule has 0 bridgehead atoms. The summed E-state index contributed by atoms with van der Waals surface area (Å²) in [6.07, 6.45) is 1.30. The molecule has 2 heterocycles. The zero-order chi connectivity index (χ0) is 14.6. The highest BCUT2D eigenvalue weighted by Crippen LogP contribution is 2.18. The summed E-state index contributed by atoms with van der Waals surface area (Å²) in [7, 11) is -1.81. The van der Waals surface area contributed by atoms with Crippen molar-refractivity contribution in [2.45, 2.75) is 4.90 Å². The maximum absolute atomic E-state index is 12.4. The zero-order valence-electron chi connectivity index (χ0n) is 11.3. The molecule has 0 aliphatic carbocycles. The minimum atomic E-state index is -3.47. The van der Waals surface area contributed by atoms with Crippen LogP contribution in [0, 0.1) is 0 Å². The van der Waals surface area contributed by atoms with Crippen LogP contribution >= 0.6 is 11.6 Å². The third-order valence-corrected chi connectivity index (χ3v) is 5.39. The molecule has 0 aromatic carbocycles. The van der Waals surface area contributed by atoms with E-state index in [9.17, 15) is 8.42 Å². The Morgan fingerprint density at radius 2 is 2.00 bits per heavy atom. The predicted molar refractivity (Wildman–Crippen MR) is 76.3 cm³/mol. The van der Waals surface area contributed by atoms with Crippen LogP contribution in [0.2, 0.25) is 5.15 Å². The Morgan fingerprint density at radius 3 is 2.55 bits per heavy atom. The first-order valence-corrected chi connectivity index (χ1v) is 8.19. The standard InChI is InChI=1S/C12H18ClN3O3S/c1-19-9-8-15-4-6-16(7-5-15)20(17,18)11-2-3-12(13)14-10-11/h2-3,10H,4-9H2,1H3. The normalized spacial score (nSPS) is 18.3. The van der Waals surface area contributed by atoms with Gasteiger partial charge in [-0.25, -0.2) is 13.4 Å². The molecule has 1 saturated heterocycles. The van der Waals surface area contributed by atoms with Crippen molar-refractivity contribution in [3.63, 3.8) is 0 Å². The van der Waals surface area contributed by atoms with Gasteiger partial charge in [0.05, 0.1) is 6.61 Å². The highest BCUT2D eigenvalue weighted by atomic mass is 35.5. The smallest absolute Gasteiger partial charge is 0.244 e. The Balaban J connectivity index is 2.00. The molecule has 1 aliphatic rings. The summed E-state index contributed by atoms with van der Waals surface area (Å²) in [6, 6.07) is 2.98. The second-order valence-corrected chi connectivity index (χ2v) is 6.88. The van der Waals surface area contributed by atoms with E-state index >= 15 is 0 Å². The average molecular weight is 320 g/mol. The Morgan fingerprint density at radius 1 is 1.30 bits per heavy atom. The summed E-state index contributed by atoms with van der Waals surface area (Å²) in [4.78, 5) is 6.21. The minimum Gasteiger partial charge on any atom is -0.383 e. The van der Waals surface area contributed by atoms with E-state index in [4.69, 9.17) is 16.3 Å². The maximum atomic E-state index is 12.4. The molecule has 2 rings (SSSR count). The largest absolute Gasteiger partial charge is 0.383 e. The maximum Gasteiger partial charge on any atom is 0.244 e. The second-order valence-electron chi connectivity index (χ2n) is 4.56. The number of nitrogens with zero attached hydrogens (tertiary/aromatic N) is 3. The first-order chi connectivity index (χ1) is 9.54. The number of halogens is 1. The van der Waals surface area contributed by atoms with Crippen LogP contribution in [0.4, 0.5) is 0 Å². The van der Waals surface area contributed by atoms with Crippen LogP contribution in [0.25, 0.3) is 0 Å². The van der Waals surface area contributed by atoms with E-state index in [1.807, 2.05) is 0 Å². The first kappa shape index (κ1) is 15.7. The van der Waals surface area contributed by atoms with Crippen molar-refractivity contribution in [3.05, 3.63) is 23.5 Å². The van der Waals surface area contributed by atoms with Gasteiger partial charge in [0, 0.05) is 46.0 Å². The Bertz CT molecular complexity index is 527. The fraction of sp³-hybridized carbons (Fsp3) is 0.583. The van der Waals surface area contributed by atoms with Gasteiger partial charge in [0.15, 0.2) is 0 Å². The minimum absolute atomic E-state index is 0.187. The van der Waals surface area contributed by atoms with E-state index < -0.39 is 10.0 Å². The molecule has 0 radical (unpaired) electrons. The molecular weight excluding hydrogens is 302 g/mol. The quantitative estimate of drug-likeness (QED) is 0.747. The average Bonchev–Trinajstić information content (AvgIpc) is 2.46. The molecule has 1 fully saturated rings. The van der Waals surface area contributed by atoms with Crippen molar-refractivity contribution in [2.24, 2.45) is 0 Å². The first-order valence-electron chi connectivity index (χ1n) is 6.37. The number of pyridine rings is 1. The number of aromatic nitrogens is 1. The van der Waals surface area contributed by atoms with Crippen LogP contribution in [0.3, 0.4) is 0 Å². The summed E-state index contributed by atoms with van der Waals surface area (Å²) >= 11 is 5.68. The molecule has 1 aromatic heterocycles. The Kier molecular flexibility index (Phi) is 5.34. The van der Waals surface area contributed by atoms with Crippen LogP contribution in [-0.2, 0) is 14.8 Å².